The Kier molecular flexibility index (Phi) is 6.57. The Hall–Kier alpha value is -0.0800. The summed E-state index contributed by atoms with van der Waals surface area (Å²) in [6.45, 7) is 7.16. The van der Waals surface area contributed by atoms with E-state index in [2.05, 4.69) is 19.2 Å². The van der Waals surface area contributed by atoms with Crippen LogP contribution in [0.5, 0.6) is 0 Å². The van der Waals surface area contributed by atoms with Crippen molar-refractivity contribution in [1.82, 2.24) is 5.32 Å². The Morgan fingerprint density at radius 3 is 2.27 bits per heavy atom. The van der Waals surface area contributed by atoms with Crippen molar-refractivity contribution in [3.8, 4) is 0 Å². The van der Waals surface area contributed by atoms with Crippen LogP contribution in [0.15, 0.2) is 0 Å². The summed E-state index contributed by atoms with van der Waals surface area (Å²) in [5.41, 5.74) is 0. The highest BCUT2D eigenvalue weighted by atomic mass is 16.3. The predicted molar refractivity (Wildman–Crippen MR) is 48.4 cm³/mol. The summed E-state index contributed by atoms with van der Waals surface area (Å²) in [6, 6.07) is 0. The second kappa shape index (κ2) is 6.62. The van der Waals surface area contributed by atoms with Gasteiger partial charge in [0.25, 0.3) is 0 Å². The highest BCUT2D eigenvalue weighted by molar-refractivity contribution is 4.50. The summed E-state index contributed by atoms with van der Waals surface area (Å²) >= 11 is 0. The van der Waals surface area contributed by atoms with Crippen molar-refractivity contribution in [3.05, 3.63) is 0 Å². The molecular weight excluding hydrogens is 138 g/mol. The summed E-state index contributed by atoms with van der Waals surface area (Å²) in [4.78, 5) is 0. The van der Waals surface area contributed by atoms with Crippen LogP contribution in [-0.2, 0) is 0 Å². The molecule has 0 radical (unpaired) electrons. The molecular formula is C9H21NO. The second-order valence-electron chi connectivity index (χ2n) is 3.52. The fourth-order valence-corrected chi connectivity index (χ4v) is 0.989. The molecule has 1 unspecified atom stereocenters. The smallest absolute Gasteiger partial charge is 0.102 e. The summed E-state index contributed by atoms with van der Waals surface area (Å²) in [6.07, 6.45) is 3.37. The van der Waals surface area contributed by atoms with Gasteiger partial charge in [-0.25, -0.2) is 0 Å². The van der Waals surface area contributed by atoms with Crippen molar-refractivity contribution in [2.45, 2.75) is 46.3 Å². The lowest BCUT2D eigenvalue weighted by Crippen LogP contribution is -2.26. The van der Waals surface area contributed by atoms with Gasteiger partial charge in [-0.05, 0) is 25.8 Å². The minimum absolute atomic E-state index is 0.353. The van der Waals surface area contributed by atoms with E-state index in [1.807, 2.05) is 0 Å². The Morgan fingerprint density at radius 1 is 1.18 bits per heavy atom. The first-order valence-electron chi connectivity index (χ1n) is 4.54. The van der Waals surface area contributed by atoms with Crippen molar-refractivity contribution in [1.29, 1.82) is 0 Å². The molecule has 0 fully saturated rings. The fourth-order valence-electron chi connectivity index (χ4n) is 0.989. The number of aliphatic hydroxyl groups is 1. The summed E-state index contributed by atoms with van der Waals surface area (Å²) < 4.78 is 0. The SMILES string of the molecule is CC(C)CCCCNC(C)O. The normalized spacial score (nSPS) is 13.9. The van der Waals surface area contributed by atoms with E-state index in [0.29, 0.717) is 0 Å². The van der Waals surface area contributed by atoms with E-state index in [1.54, 1.807) is 6.92 Å². The molecule has 0 aliphatic rings. The van der Waals surface area contributed by atoms with E-state index in [9.17, 15) is 0 Å². The zero-order valence-corrected chi connectivity index (χ0v) is 7.93. The molecule has 0 aromatic carbocycles. The zero-order chi connectivity index (χ0) is 8.69. The van der Waals surface area contributed by atoms with Crippen LogP contribution in [0.25, 0.3) is 0 Å². The lowest BCUT2D eigenvalue weighted by atomic mass is 10.1. The number of hydrogen-bond acceptors (Lipinski definition) is 2. The maximum atomic E-state index is 8.85. The van der Waals surface area contributed by atoms with Gasteiger partial charge in [-0.3, -0.25) is 5.32 Å². The quantitative estimate of drug-likeness (QED) is 0.457. The molecule has 0 saturated carbocycles. The van der Waals surface area contributed by atoms with Gasteiger partial charge in [0.15, 0.2) is 0 Å². The number of aliphatic hydroxyl groups excluding tert-OH is 1. The molecule has 11 heavy (non-hydrogen) atoms. The molecule has 2 nitrogen and oxygen atoms in total. The largest absolute Gasteiger partial charge is 0.379 e. The van der Waals surface area contributed by atoms with Crippen molar-refractivity contribution < 1.29 is 5.11 Å². The highest BCUT2D eigenvalue weighted by Gasteiger charge is 1.95. The molecule has 0 aliphatic carbocycles. The van der Waals surface area contributed by atoms with E-state index >= 15 is 0 Å². The molecule has 0 aromatic heterocycles. The van der Waals surface area contributed by atoms with Gasteiger partial charge in [0.1, 0.15) is 6.23 Å². The molecule has 0 aliphatic heterocycles. The first-order chi connectivity index (χ1) is 5.13. The lowest BCUT2D eigenvalue weighted by molar-refractivity contribution is 0.156. The van der Waals surface area contributed by atoms with Crippen LogP contribution in [0.4, 0.5) is 0 Å². The predicted octanol–water partition coefficient (Wildman–Crippen LogP) is 1.74. The molecule has 2 heteroatoms. The summed E-state index contributed by atoms with van der Waals surface area (Å²) in [5, 5.41) is 11.8. The van der Waals surface area contributed by atoms with Gasteiger partial charge in [-0.15, -0.1) is 0 Å². The molecule has 2 N–H and O–H groups in total. The second-order valence-corrected chi connectivity index (χ2v) is 3.52. The van der Waals surface area contributed by atoms with E-state index in [4.69, 9.17) is 5.11 Å². The van der Waals surface area contributed by atoms with E-state index in [1.165, 1.54) is 19.3 Å². The molecule has 0 heterocycles. The van der Waals surface area contributed by atoms with Gasteiger partial charge < -0.3 is 5.11 Å². The van der Waals surface area contributed by atoms with Crippen LogP contribution < -0.4 is 5.32 Å². The molecule has 1 atom stereocenters. The zero-order valence-electron chi connectivity index (χ0n) is 7.93. The average molecular weight is 159 g/mol. The maximum absolute atomic E-state index is 8.85. The molecule has 0 spiro atoms. The van der Waals surface area contributed by atoms with Crippen LogP contribution in [0, 0.1) is 5.92 Å². The minimum Gasteiger partial charge on any atom is -0.379 e. The number of unbranched alkanes of at least 4 members (excludes halogenated alkanes) is 1. The Labute approximate surface area is 70.0 Å². The highest BCUT2D eigenvalue weighted by Crippen LogP contribution is 2.04. The van der Waals surface area contributed by atoms with Crippen LogP contribution >= 0.6 is 0 Å². The third-order valence-electron chi connectivity index (χ3n) is 1.65. The van der Waals surface area contributed by atoms with Crippen molar-refractivity contribution in [3.63, 3.8) is 0 Å². The van der Waals surface area contributed by atoms with Crippen molar-refractivity contribution in [2.75, 3.05) is 6.54 Å². The number of nitrogens with one attached hydrogen (secondary N) is 1. The molecule has 68 valence electrons. The average Bonchev–Trinajstić information content (AvgIpc) is 1.85. The molecule has 0 rings (SSSR count). The third kappa shape index (κ3) is 9.92. The van der Waals surface area contributed by atoms with E-state index in [-0.39, 0.29) is 6.23 Å². The molecule has 0 bridgehead atoms. The van der Waals surface area contributed by atoms with Gasteiger partial charge in [0.05, 0.1) is 0 Å². The molecule has 0 aromatic rings. The fraction of sp³-hybridized carbons (Fsp3) is 1.00. The van der Waals surface area contributed by atoms with Crippen molar-refractivity contribution in [2.24, 2.45) is 5.92 Å². The van der Waals surface area contributed by atoms with Crippen LogP contribution in [0.2, 0.25) is 0 Å². The first-order valence-corrected chi connectivity index (χ1v) is 4.54. The van der Waals surface area contributed by atoms with Crippen molar-refractivity contribution >= 4 is 0 Å². The topological polar surface area (TPSA) is 32.3 Å². The first kappa shape index (κ1) is 10.9. The van der Waals surface area contributed by atoms with E-state index in [0.717, 1.165) is 12.5 Å². The van der Waals surface area contributed by atoms with Gasteiger partial charge >= 0.3 is 0 Å². The van der Waals surface area contributed by atoms with Gasteiger partial charge in [0, 0.05) is 0 Å². The lowest BCUT2D eigenvalue weighted by Gasteiger charge is -2.07. The molecule has 0 saturated heterocycles. The van der Waals surface area contributed by atoms with Gasteiger partial charge in [0.2, 0.25) is 0 Å². The molecule has 0 amide bonds. The maximum Gasteiger partial charge on any atom is 0.102 e. The van der Waals surface area contributed by atoms with Crippen LogP contribution in [0.3, 0.4) is 0 Å². The standard InChI is InChI=1S/C9H21NO/c1-8(2)6-4-5-7-10-9(3)11/h8-11H,4-7H2,1-3H3. The Bertz CT molecular complexity index is 71.6. The Balaban J connectivity index is 2.91. The third-order valence-corrected chi connectivity index (χ3v) is 1.65. The van der Waals surface area contributed by atoms with Gasteiger partial charge in [-0.1, -0.05) is 26.7 Å². The van der Waals surface area contributed by atoms with Crippen LogP contribution in [0.1, 0.15) is 40.0 Å². The summed E-state index contributed by atoms with van der Waals surface area (Å²) in [7, 11) is 0. The minimum atomic E-state index is -0.353. The van der Waals surface area contributed by atoms with Crippen LogP contribution in [-0.4, -0.2) is 17.9 Å². The monoisotopic (exact) mass is 159 g/mol. The van der Waals surface area contributed by atoms with Gasteiger partial charge in [-0.2, -0.15) is 0 Å². The Morgan fingerprint density at radius 2 is 1.82 bits per heavy atom. The van der Waals surface area contributed by atoms with E-state index < -0.39 is 0 Å². The number of hydrogen-bond donors (Lipinski definition) is 2. The summed E-state index contributed by atoms with van der Waals surface area (Å²) in [5.74, 6) is 0.807. The number of rotatable bonds is 6.